The minimum atomic E-state index is -0.513. The molecule has 11 heteroatoms. The molecule has 8 nitrogen and oxygen atoms in total. The summed E-state index contributed by atoms with van der Waals surface area (Å²) in [6.45, 7) is 2.03. The van der Waals surface area contributed by atoms with Gasteiger partial charge in [0.05, 0.1) is 14.2 Å². The van der Waals surface area contributed by atoms with Crippen LogP contribution < -0.4 is 20.1 Å². The molecule has 1 atom stereocenters. The summed E-state index contributed by atoms with van der Waals surface area (Å²) in [6.07, 6.45) is 0. The number of carbonyl (C=O) groups is 2. The van der Waals surface area contributed by atoms with Crippen molar-refractivity contribution < 1.29 is 19.1 Å². The van der Waals surface area contributed by atoms with E-state index >= 15 is 0 Å². The van der Waals surface area contributed by atoms with Gasteiger partial charge in [-0.05, 0) is 47.7 Å². The lowest BCUT2D eigenvalue weighted by Crippen LogP contribution is -2.19. The van der Waals surface area contributed by atoms with E-state index < -0.39 is 5.25 Å². The van der Waals surface area contributed by atoms with E-state index in [1.165, 1.54) is 49.3 Å². The van der Waals surface area contributed by atoms with Gasteiger partial charge in [0.15, 0.2) is 0 Å². The number of benzene rings is 3. The topological polar surface area (TPSA) is 102 Å². The van der Waals surface area contributed by atoms with Gasteiger partial charge in [-0.25, -0.2) is 0 Å². The van der Waals surface area contributed by atoms with Crippen LogP contribution in [0.15, 0.2) is 82.8 Å². The molecule has 3 aromatic carbocycles. The lowest BCUT2D eigenvalue weighted by molar-refractivity contribution is -0.115. The minimum Gasteiger partial charge on any atom is -0.496 e. The highest BCUT2D eigenvalue weighted by molar-refractivity contribution is 8.00. The molecule has 196 valence electrons. The number of aromatic nitrogens is 2. The van der Waals surface area contributed by atoms with Crippen molar-refractivity contribution in [3.63, 3.8) is 0 Å². The highest BCUT2D eigenvalue weighted by Crippen LogP contribution is 2.37. The van der Waals surface area contributed by atoms with Gasteiger partial charge in [-0.2, -0.15) is 9.36 Å². The Morgan fingerprint density at radius 1 is 0.921 bits per heavy atom. The molecule has 0 spiro atoms. The van der Waals surface area contributed by atoms with Crippen LogP contribution in [-0.4, -0.2) is 41.1 Å². The number of amides is 2. The van der Waals surface area contributed by atoms with Gasteiger partial charge >= 0.3 is 0 Å². The fourth-order valence-electron chi connectivity index (χ4n) is 3.54. The Bertz CT molecular complexity index is 1360. The second-order valence-corrected chi connectivity index (χ2v) is 10.9. The van der Waals surface area contributed by atoms with Gasteiger partial charge < -0.3 is 14.8 Å². The molecule has 0 aliphatic heterocycles. The summed E-state index contributed by atoms with van der Waals surface area (Å²) in [5, 5.41) is 6.40. The van der Waals surface area contributed by atoms with E-state index in [9.17, 15) is 9.59 Å². The molecular formula is C27H26N4O4S3. The molecule has 0 aliphatic carbocycles. The van der Waals surface area contributed by atoms with Crippen LogP contribution in [0.25, 0.3) is 0 Å². The fourth-order valence-corrected chi connectivity index (χ4v) is 5.84. The van der Waals surface area contributed by atoms with E-state index in [0.29, 0.717) is 33.0 Å². The monoisotopic (exact) mass is 566 g/mol. The summed E-state index contributed by atoms with van der Waals surface area (Å²) < 4.78 is 15.0. The van der Waals surface area contributed by atoms with Gasteiger partial charge in [0.2, 0.25) is 16.2 Å². The van der Waals surface area contributed by atoms with E-state index in [1.807, 2.05) is 49.4 Å². The van der Waals surface area contributed by atoms with Gasteiger partial charge in [-0.1, -0.05) is 55.1 Å². The minimum absolute atomic E-state index is 0.189. The Morgan fingerprint density at radius 3 is 2.24 bits per heavy atom. The van der Waals surface area contributed by atoms with Gasteiger partial charge in [-0.3, -0.25) is 14.9 Å². The summed E-state index contributed by atoms with van der Waals surface area (Å²) in [7, 11) is 3.01. The maximum absolute atomic E-state index is 13.3. The molecule has 0 radical (unpaired) electrons. The Hall–Kier alpha value is -3.54. The number of hydrogen-bond donors (Lipinski definition) is 2. The molecule has 1 heterocycles. The van der Waals surface area contributed by atoms with E-state index in [2.05, 4.69) is 20.0 Å². The first-order valence-electron chi connectivity index (χ1n) is 11.6. The lowest BCUT2D eigenvalue weighted by Gasteiger charge is -2.16. The standard InChI is InChI=1S/C27H26N4O4S3/c1-4-36-27-30-26(38-31-27)29-25(33)23(17-9-6-5-7-10-17)37-19-15-13-18(14-16-19)28-24(32)22-20(34-2)11-8-12-21(22)35-3/h5-16,23H,4H2,1-3H3,(H,28,32)(H,29,30,31,33). The van der Waals surface area contributed by atoms with Crippen LogP contribution in [0.5, 0.6) is 11.5 Å². The normalized spacial score (nSPS) is 11.4. The fraction of sp³-hybridized carbons (Fsp3) is 0.185. The van der Waals surface area contributed by atoms with Crippen LogP contribution in [0.4, 0.5) is 10.8 Å². The first kappa shape index (κ1) is 27.5. The Balaban J connectivity index is 1.49. The average Bonchev–Trinajstić information content (AvgIpc) is 3.39. The Labute approximate surface area is 233 Å². The first-order valence-corrected chi connectivity index (χ1v) is 14.3. The number of ether oxygens (including phenoxy) is 2. The van der Waals surface area contributed by atoms with Crippen molar-refractivity contribution in [2.75, 3.05) is 30.6 Å². The molecule has 0 bridgehead atoms. The highest BCUT2D eigenvalue weighted by Gasteiger charge is 2.24. The van der Waals surface area contributed by atoms with E-state index in [0.717, 1.165) is 16.2 Å². The summed E-state index contributed by atoms with van der Waals surface area (Å²) in [5.74, 6) is 1.16. The number of nitrogens with one attached hydrogen (secondary N) is 2. The third-order valence-corrected chi connectivity index (χ3v) is 8.01. The number of carbonyl (C=O) groups excluding carboxylic acids is 2. The summed E-state index contributed by atoms with van der Waals surface area (Å²) in [5.41, 5.74) is 1.78. The van der Waals surface area contributed by atoms with Crippen LogP contribution in [0, 0.1) is 0 Å². The maximum atomic E-state index is 13.3. The van der Waals surface area contributed by atoms with Crippen molar-refractivity contribution in [1.29, 1.82) is 0 Å². The zero-order chi connectivity index (χ0) is 26.9. The van der Waals surface area contributed by atoms with Crippen molar-refractivity contribution in [3.8, 4) is 11.5 Å². The predicted molar refractivity (Wildman–Crippen MR) is 154 cm³/mol. The molecule has 1 unspecified atom stereocenters. The third-order valence-electron chi connectivity index (χ3n) is 5.27. The van der Waals surface area contributed by atoms with Crippen molar-refractivity contribution in [3.05, 3.63) is 83.9 Å². The van der Waals surface area contributed by atoms with Gasteiger partial charge in [-0.15, -0.1) is 11.8 Å². The van der Waals surface area contributed by atoms with E-state index in [1.54, 1.807) is 30.3 Å². The van der Waals surface area contributed by atoms with Crippen LogP contribution in [-0.2, 0) is 4.79 Å². The average molecular weight is 567 g/mol. The zero-order valence-electron chi connectivity index (χ0n) is 21.0. The third kappa shape index (κ3) is 6.85. The van der Waals surface area contributed by atoms with Gasteiger partial charge in [0, 0.05) is 22.1 Å². The largest absolute Gasteiger partial charge is 0.496 e. The maximum Gasteiger partial charge on any atom is 0.263 e. The van der Waals surface area contributed by atoms with Crippen molar-refractivity contribution >= 4 is 57.7 Å². The molecule has 0 aliphatic rings. The van der Waals surface area contributed by atoms with Crippen molar-refractivity contribution in [1.82, 2.24) is 9.36 Å². The van der Waals surface area contributed by atoms with Crippen LogP contribution in [0.3, 0.4) is 0 Å². The second kappa shape index (κ2) is 13.3. The molecule has 0 saturated carbocycles. The van der Waals surface area contributed by atoms with Gasteiger partial charge in [0.25, 0.3) is 5.91 Å². The van der Waals surface area contributed by atoms with E-state index in [4.69, 9.17) is 9.47 Å². The second-order valence-electron chi connectivity index (χ2n) is 7.73. The Morgan fingerprint density at radius 2 is 1.61 bits per heavy atom. The van der Waals surface area contributed by atoms with Crippen molar-refractivity contribution in [2.24, 2.45) is 0 Å². The Kier molecular flexibility index (Phi) is 9.63. The molecular weight excluding hydrogens is 541 g/mol. The number of thioether (sulfide) groups is 2. The number of hydrogen-bond acceptors (Lipinski definition) is 9. The molecule has 0 saturated heterocycles. The molecule has 4 rings (SSSR count). The number of anilines is 2. The molecule has 0 fully saturated rings. The summed E-state index contributed by atoms with van der Waals surface area (Å²) >= 11 is 4.10. The lowest BCUT2D eigenvalue weighted by atomic mass is 10.1. The predicted octanol–water partition coefficient (Wildman–Crippen LogP) is 6.39. The van der Waals surface area contributed by atoms with Crippen LogP contribution in [0.2, 0.25) is 0 Å². The molecule has 2 N–H and O–H groups in total. The number of rotatable bonds is 11. The summed E-state index contributed by atoms with van der Waals surface area (Å²) in [4.78, 5) is 31.5. The molecule has 2 amide bonds. The molecule has 4 aromatic rings. The number of nitrogens with zero attached hydrogens (tertiary/aromatic N) is 2. The van der Waals surface area contributed by atoms with Crippen LogP contribution >= 0.6 is 35.1 Å². The van der Waals surface area contributed by atoms with Crippen LogP contribution in [0.1, 0.15) is 28.1 Å². The van der Waals surface area contributed by atoms with Crippen molar-refractivity contribution in [2.45, 2.75) is 22.2 Å². The van der Waals surface area contributed by atoms with E-state index in [-0.39, 0.29) is 11.8 Å². The molecule has 1 aromatic heterocycles. The number of methoxy groups -OCH3 is 2. The smallest absolute Gasteiger partial charge is 0.263 e. The first-order chi connectivity index (χ1) is 18.5. The highest BCUT2D eigenvalue weighted by atomic mass is 32.2. The quantitative estimate of drug-likeness (QED) is 0.201. The summed E-state index contributed by atoms with van der Waals surface area (Å²) in [6, 6.07) is 22.0. The SMILES string of the molecule is CCSc1nsc(NC(=O)C(Sc2ccc(NC(=O)c3c(OC)cccc3OC)cc2)c2ccccc2)n1. The van der Waals surface area contributed by atoms with Gasteiger partial charge in [0.1, 0.15) is 22.3 Å². The molecule has 38 heavy (non-hydrogen) atoms. The zero-order valence-corrected chi connectivity index (χ0v) is 23.4.